The third kappa shape index (κ3) is 2.49. The normalized spacial score (nSPS) is 14.8. The predicted molar refractivity (Wildman–Crippen MR) is 61.1 cm³/mol. The second-order valence-electron chi connectivity index (χ2n) is 4.20. The number of hydrogen-bond donors (Lipinski definition) is 1. The Morgan fingerprint density at radius 1 is 1.40 bits per heavy atom. The maximum atomic E-state index is 11.7. The first kappa shape index (κ1) is 10.0. The van der Waals surface area contributed by atoms with Gasteiger partial charge >= 0.3 is 0 Å². The molecule has 3 heteroatoms. The van der Waals surface area contributed by atoms with E-state index in [2.05, 4.69) is 5.32 Å². The van der Waals surface area contributed by atoms with Crippen molar-refractivity contribution in [2.75, 3.05) is 19.4 Å². The molecule has 1 aromatic carbocycles. The second kappa shape index (κ2) is 3.93. The molecule has 0 spiro atoms. The third-order valence-corrected chi connectivity index (χ3v) is 2.46. The molecule has 0 saturated heterocycles. The van der Waals surface area contributed by atoms with Crippen LogP contribution in [0.25, 0.3) is 0 Å². The Bertz CT molecular complexity index is 370. The van der Waals surface area contributed by atoms with E-state index in [1.807, 2.05) is 24.3 Å². The van der Waals surface area contributed by atoms with Gasteiger partial charge in [0.2, 0.25) is 0 Å². The third-order valence-electron chi connectivity index (χ3n) is 2.46. The molecule has 0 radical (unpaired) electrons. The molecular weight excluding hydrogens is 188 g/mol. The molecule has 1 fully saturated rings. The fourth-order valence-corrected chi connectivity index (χ4v) is 1.46. The van der Waals surface area contributed by atoms with Crippen LogP contribution in [0.4, 0.5) is 5.69 Å². The van der Waals surface area contributed by atoms with Gasteiger partial charge in [-0.2, -0.15) is 0 Å². The maximum Gasteiger partial charge on any atom is 0.253 e. The highest BCUT2D eigenvalue weighted by molar-refractivity contribution is 5.94. The molecule has 15 heavy (non-hydrogen) atoms. The molecule has 80 valence electrons. The van der Waals surface area contributed by atoms with Crippen LogP contribution in [0.2, 0.25) is 0 Å². The van der Waals surface area contributed by atoms with Crippen molar-refractivity contribution in [3.05, 3.63) is 29.8 Å². The van der Waals surface area contributed by atoms with Crippen molar-refractivity contribution in [2.45, 2.75) is 18.9 Å². The SMILES string of the molecule is CN(C)C(=O)c1cccc(NC2CC2)c1. The summed E-state index contributed by atoms with van der Waals surface area (Å²) in [6.45, 7) is 0. The highest BCUT2D eigenvalue weighted by Crippen LogP contribution is 2.25. The van der Waals surface area contributed by atoms with Crippen molar-refractivity contribution in [3.8, 4) is 0 Å². The number of carbonyl (C=O) groups excluding carboxylic acids is 1. The summed E-state index contributed by atoms with van der Waals surface area (Å²) in [7, 11) is 3.53. The van der Waals surface area contributed by atoms with Gasteiger partial charge in [-0.15, -0.1) is 0 Å². The molecule has 1 aliphatic carbocycles. The number of hydrogen-bond acceptors (Lipinski definition) is 2. The van der Waals surface area contributed by atoms with Gasteiger partial charge in [0.1, 0.15) is 0 Å². The molecule has 1 N–H and O–H groups in total. The zero-order chi connectivity index (χ0) is 10.8. The standard InChI is InChI=1S/C12H16N2O/c1-14(2)12(15)9-4-3-5-11(8-9)13-10-6-7-10/h3-5,8,10,13H,6-7H2,1-2H3. The largest absolute Gasteiger partial charge is 0.382 e. The topological polar surface area (TPSA) is 32.3 Å². The van der Waals surface area contributed by atoms with Gasteiger partial charge < -0.3 is 10.2 Å². The molecule has 0 atom stereocenters. The van der Waals surface area contributed by atoms with Crippen LogP contribution < -0.4 is 5.32 Å². The quantitative estimate of drug-likeness (QED) is 0.816. The minimum Gasteiger partial charge on any atom is -0.382 e. The van der Waals surface area contributed by atoms with Gasteiger partial charge in [-0.1, -0.05) is 6.07 Å². The minimum atomic E-state index is 0.0504. The van der Waals surface area contributed by atoms with Crippen molar-refractivity contribution in [1.82, 2.24) is 4.90 Å². The lowest BCUT2D eigenvalue weighted by molar-refractivity contribution is 0.0827. The first-order chi connectivity index (χ1) is 7.16. The Balaban J connectivity index is 2.13. The lowest BCUT2D eigenvalue weighted by Crippen LogP contribution is -2.21. The summed E-state index contributed by atoms with van der Waals surface area (Å²) in [5.74, 6) is 0.0504. The Morgan fingerprint density at radius 3 is 2.73 bits per heavy atom. The van der Waals surface area contributed by atoms with Gasteiger partial charge in [-0.05, 0) is 31.0 Å². The first-order valence-electron chi connectivity index (χ1n) is 5.25. The van der Waals surface area contributed by atoms with E-state index in [0.717, 1.165) is 11.3 Å². The molecule has 1 aromatic rings. The molecule has 0 heterocycles. The highest BCUT2D eigenvalue weighted by Gasteiger charge is 2.21. The monoisotopic (exact) mass is 204 g/mol. The summed E-state index contributed by atoms with van der Waals surface area (Å²) in [5, 5.41) is 3.38. The summed E-state index contributed by atoms with van der Waals surface area (Å²) >= 11 is 0. The maximum absolute atomic E-state index is 11.7. The number of anilines is 1. The molecule has 0 bridgehead atoms. The van der Waals surface area contributed by atoms with E-state index in [1.165, 1.54) is 12.8 Å². The van der Waals surface area contributed by atoms with Crippen LogP contribution in [0, 0.1) is 0 Å². The van der Waals surface area contributed by atoms with Gasteiger partial charge in [-0.3, -0.25) is 4.79 Å². The average Bonchev–Trinajstić information content (AvgIpc) is 3.01. The van der Waals surface area contributed by atoms with Gasteiger partial charge in [-0.25, -0.2) is 0 Å². The minimum absolute atomic E-state index is 0.0504. The van der Waals surface area contributed by atoms with Gasteiger partial charge in [0.15, 0.2) is 0 Å². The fraction of sp³-hybridized carbons (Fsp3) is 0.417. The van der Waals surface area contributed by atoms with E-state index in [0.29, 0.717) is 6.04 Å². The average molecular weight is 204 g/mol. The molecule has 3 nitrogen and oxygen atoms in total. The Kier molecular flexibility index (Phi) is 2.62. The van der Waals surface area contributed by atoms with Crippen molar-refractivity contribution in [1.29, 1.82) is 0 Å². The Hall–Kier alpha value is -1.51. The van der Waals surface area contributed by atoms with Crippen LogP contribution in [0.1, 0.15) is 23.2 Å². The molecule has 1 aliphatic rings. The number of amides is 1. The zero-order valence-corrected chi connectivity index (χ0v) is 9.16. The predicted octanol–water partition coefficient (Wildman–Crippen LogP) is 1.96. The first-order valence-corrected chi connectivity index (χ1v) is 5.25. The van der Waals surface area contributed by atoms with Crippen LogP contribution in [0.3, 0.4) is 0 Å². The molecule has 0 aliphatic heterocycles. The summed E-state index contributed by atoms with van der Waals surface area (Å²) in [5.41, 5.74) is 1.79. The van der Waals surface area contributed by atoms with Gasteiger partial charge in [0.05, 0.1) is 0 Å². The Morgan fingerprint density at radius 2 is 2.13 bits per heavy atom. The number of rotatable bonds is 3. The van der Waals surface area contributed by atoms with Gasteiger partial charge in [0, 0.05) is 31.4 Å². The van der Waals surface area contributed by atoms with Crippen molar-refractivity contribution in [3.63, 3.8) is 0 Å². The van der Waals surface area contributed by atoms with E-state index < -0.39 is 0 Å². The summed E-state index contributed by atoms with van der Waals surface area (Å²) in [4.78, 5) is 13.3. The van der Waals surface area contributed by atoms with Crippen LogP contribution in [0.15, 0.2) is 24.3 Å². The molecular formula is C12H16N2O. The number of nitrogens with zero attached hydrogens (tertiary/aromatic N) is 1. The zero-order valence-electron chi connectivity index (χ0n) is 9.16. The van der Waals surface area contributed by atoms with E-state index in [4.69, 9.17) is 0 Å². The molecule has 0 unspecified atom stereocenters. The number of nitrogens with one attached hydrogen (secondary N) is 1. The summed E-state index contributed by atoms with van der Waals surface area (Å²) < 4.78 is 0. The van der Waals surface area contributed by atoms with E-state index in [9.17, 15) is 4.79 Å². The van der Waals surface area contributed by atoms with E-state index in [1.54, 1.807) is 19.0 Å². The van der Waals surface area contributed by atoms with Crippen LogP contribution in [-0.2, 0) is 0 Å². The van der Waals surface area contributed by atoms with Crippen LogP contribution in [-0.4, -0.2) is 30.9 Å². The number of benzene rings is 1. The molecule has 0 aromatic heterocycles. The van der Waals surface area contributed by atoms with E-state index >= 15 is 0 Å². The molecule has 2 rings (SSSR count). The molecule has 1 amide bonds. The second-order valence-corrected chi connectivity index (χ2v) is 4.20. The number of carbonyl (C=O) groups is 1. The van der Waals surface area contributed by atoms with Crippen LogP contribution >= 0.6 is 0 Å². The fourth-order valence-electron chi connectivity index (χ4n) is 1.46. The Labute approximate surface area is 90.1 Å². The van der Waals surface area contributed by atoms with Crippen molar-refractivity contribution < 1.29 is 4.79 Å². The summed E-state index contributed by atoms with van der Waals surface area (Å²) in [6, 6.07) is 8.31. The lowest BCUT2D eigenvalue weighted by Gasteiger charge is -2.11. The van der Waals surface area contributed by atoms with E-state index in [-0.39, 0.29) is 5.91 Å². The van der Waals surface area contributed by atoms with Crippen LogP contribution in [0.5, 0.6) is 0 Å². The lowest BCUT2D eigenvalue weighted by atomic mass is 10.2. The smallest absolute Gasteiger partial charge is 0.253 e. The highest BCUT2D eigenvalue weighted by atomic mass is 16.2. The van der Waals surface area contributed by atoms with Crippen molar-refractivity contribution >= 4 is 11.6 Å². The van der Waals surface area contributed by atoms with Crippen molar-refractivity contribution in [2.24, 2.45) is 0 Å². The molecule has 1 saturated carbocycles. The summed E-state index contributed by atoms with van der Waals surface area (Å²) in [6.07, 6.45) is 2.48. The van der Waals surface area contributed by atoms with Gasteiger partial charge in [0.25, 0.3) is 5.91 Å².